The van der Waals surface area contributed by atoms with Gasteiger partial charge in [-0.15, -0.1) is 11.8 Å². The summed E-state index contributed by atoms with van der Waals surface area (Å²) in [4.78, 5) is 0. The minimum absolute atomic E-state index is 0.708. The van der Waals surface area contributed by atoms with Crippen LogP contribution in [0.1, 0.15) is 6.92 Å². The van der Waals surface area contributed by atoms with E-state index in [9.17, 15) is 0 Å². The van der Waals surface area contributed by atoms with Gasteiger partial charge in [-0.05, 0) is 12.0 Å². The van der Waals surface area contributed by atoms with Crippen LogP contribution >= 0.6 is 11.8 Å². The van der Waals surface area contributed by atoms with Crippen LogP contribution in [-0.2, 0) is 0 Å². The van der Waals surface area contributed by atoms with E-state index in [0.717, 1.165) is 5.88 Å². The third kappa shape index (κ3) is 0.870. The molecule has 2 heteroatoms. The van der Waals surface area contributed by atoms with Gasteiger partial charge in [-0.2, -0.15) is 0 Å². The molecule has 0 radical (unpaired) electrons. The molecule has 2 atom stereocenters. The maximum Gasteiger partial charge on any atom is 0.0615 e. The van der Waals surface area contributed by atoms with Gasteiger partial charge < -0.3 is 5.32 Å². The van der Waals surface area contributed by atoms with Crippen molar-refractivity contribution in [1.82, 2.24) is 5.32 Å². The van der Waals surface area contributed by atoms with Gasteiger partial charge in [0, 0.05) is 5.70 Å². The number of nitrogens with one attached hydrogen (secondary N) is 1. The zero-order valence-corrected chi connectivity index (χ0v) is 6.82. The van der Waals surface area contributed by atoms with Crippen LogP contribution in [0.25, 0.3) is 0 Å². The summed E-state index contributed by atoms with van der Waals surface area (Å²) in [6.45, 7) is 2.27. The van der Waals surface area contributed by atoms with E-state index in [1.54, 1.807) is 0 Å². The molecule has 0 saturated carbocycles. The van der Waals surface area contributed by atoms with Crippen molar-refractivity contribution in [2.24, 2.45) is 5.92 Å². The second-order valence-electron chi connectivity index (χ2n) is 2.77. The molecule has 1 aliphatic carbocycles. The first-order valence-electron chi connectivity index (χ1n) is 3.62. The van der Waals surface area contributed by atoms with Crippen molar-refractivity contribution in [3.8, 4) is 0 Å². The molecule has 1 aliphatic heterocycles. The Balaban J connectivity index is 2.25. The molecule has 54 valence electrons. The molecule has 2 aliphatic rings. The topological polar surface area (TPSA) is 12.0 Å². The summed E-state index contributed by atoms with van der Waals surface area (Å²) < 4.78 is 0. The van der Waals surface area contributed by atoms with Crippen LogP contribution < -0.4 is 5.32 Å². The Morgan fingerprint density at radius 2 is 2.60 bits per heavy atom. The van der Waals surface area contributed by atoms with Gasteiger partial charge in [0.1, 0.15) is 0 Å². The Labute approximate surface area is 65.6 Å². The Kier molecular flexibility index (Phi) is 1.49. The Morgan fingerprint density at radius 3 is 3.40 bits per heavy atom. The van der Waals surface area contributed by atoms with Crippen LogP contribution in [-0.4, -0.2) is 11.1 Å². The zero-order chi connectivity index (χ0) is 6.97. The van der Waals surface area contributed by atoms with Crippen LogP contribution in [0, 0.1) is 5.92 Å². The standard InChI is InChI=1S/C8H11NS/c1-6-3-2-4-7-8(6)10-5-9-7/h2-4,6,8-9H,5H2,1H3. The monoisotopic (exact) mass is 153 g/mol. The van der Waals surface area contributed by atoms with Crippen LogP contribution in [0.15, 0.2) is 23.9 Å². The van der Waals surface area contributed by atoms with Gasteiger partial charge in [-0.25, -0.2) is 0 Å². The van der Waals surface area contributed by atoms with Crippen molar-refractivity contribution >= 4 is 11.8 Å². The average Bonchev–Trinajstić information content (AvgIpc) is 2.36. The summed E-state index contributed by atoms with van der Waals surface area (Å²) in [6, 6.07) is 0. The molecule has 1 N–H and O–H groups in total. The first-order valence-corrected chi connectivity index (χ1v) is 4.66. The second-order valence-corrected chi connectivity index (χ2v) is 3.90. The van der Waals surface area contributed by atoms with E-state index in [0.29, 0.717) is 11.2 Å². The third-order valence-corrected chi connectivity index (χ3v) is 3.37. The minimum atomic E-state index is 0.708. The summed E-state index contributed by atoms with van der Waals surface area (Å²) in [5, 5.41) is 4.07. The molecule has 1 heterocycles. The summed E-state index contributed by atoms with van der Waals surface area (Å²) in [5.41, 5.74) is 1.42. The van der Waals surface area contributed by atoms with Gasteiger partial charge >= 0.3 is 0 Å². The Bertz CT molecular complexity index is 195. The van der Waals surface area contributed by atoms with Gasteiger partial charge in [0.05, 0.1) is 11.1 Å². The molecule has 1 saturated heterocycles. The number of hydrogen-bond acceptors (Lipinski definition) is 2. The van der Waals surface area contributed by atoms with E-state index in [4.69, 9.17) is 0 Å². The highest BCUT2D eigenvalue weighted by Crippen LogP contribution is 2.33. The van der Waals surface area contributed by atoms with E-state index >= 15 is 0 Å². The molecular weight excluding hydrogens is 142 g/mol. The summed E-state index contributed by atoms with van der Waals surface area (Å²) >= 11 is 2.00. The highest BCUT2D eigenvalue weighted by molar-refractivity contribution is 8.00. The van der Waals surface area contributed by atoms with Crippen molar-refractivity contribution in [3.63, 3.8) is 0 Å². The molecule has 0 aromatic carbocycles. The zero-order valence-electron chi connectivity index (χ0n) is 6.00. The number of rotatable bonds is 0. The van der Waals surface area contributed by atoms with Gasteiger partial charge in [-0.1, -0.05) is 19.1 Å². The van der Waals surface area contributed by atoms with Crippen molar-refractivity contribution < 1.29 is 0 Å². The first kappa shape index (κ1) is 6.35. The maximum atomic E-state index is 3.36. The van der Waals surface area contributed by atoms with Gasteiger partial charge in [0.25, 0.3) is 0 Å². The SMILES string of the molecule is CC1C=CC=C2NCSC21. The summed E-state index contributed by atoms with van der Waals surface area (Å²) in [6.07, 6.45) is 6.61. The van der Waals surface area contributed by atoms with E-state index in [2.05, 4.69) is 30.5 Å². The molecule has 1 fully saturated rings. The minimum Gasteiger partial charge on any atom is -0.378 e. The quantitative estimate of drug-likeness (QED) is 0.569. The van der Waals surface area contributed by atoms with Crippen LogP contribution in [0.5, 0.6) is 0 Å². The number of hydrogen-bond donors (Lipinski definition) is 1. The molecule has 0 spiro atoms. The molecule has 0 amide bonds. The van der Waals surface area contributed by atoms with Gasteiger partial charge in [0.2, 0.25) is 0 Å². The lowest BCUT2D eigenvalue weighted by molar-refractivity contribution is 0.707. The van der Waals surface area contributed by atoms with E-state index in [1.165, 1.54) is 5.70 Å². The summed E-state index contributed by atoms with van der Waals surface area (Å²) in [7, 11) is 0. The Hall–Kier alpha value is -0.370. The van der Waals surface area contributed by atoms with Crippen molar-refractivity contribution in [1.29, 1.82) is 0 Å². The number of fused-ring (bicyclic) bond motifs is 1. The van der Waals surface area contributed by atoms with Crippen molar-refractivity contribution in [2.45, 2.75) is 12.2 Å². The highest BCUT2D eigenvalue weighted by atomic mass is 32.2. The normalized spacial score (nSPS) is 36.7. The highest BCUT2D eigenvalue weighted by Gasteiger charge is 2.26. The lowest BCUT2D eigenvalue weighted by Gasteiger charge is -2.18. The third-order valence-electron chi connectivity index (χ3n) is 2.01. The van der Waals surface area contributed by atoms with Crippen LogP contribution in [0.3, 0.4) is 0 Å². The van der Waals surface area contributed by atoms with Crippen molar-refractivity contribution in [3.05, 3.63) is 23.9 Å². The Morgan fingerprint density at radius 1 is 1.70 bits per heavy atom. The lowest BCUT2D eigenvalue weighted by atomic mass is 10.00. The fourth-order valence-electron chi connectivity index (χ4n) is 1.43. The second kappa shape index (κ2) is 2.35. The van der Waals surface area contributed by atoms with Crippen molar-refractivity contribution in [2.75, 3.05) is 5.88 Å². The molecule has 2 unspecified atom stereocenters. The number of allylic oxidation sites excluding steroid dienone is 3. The first-order chi connectivity index (χ1) is 4.88. The predicted octanol–water partition coefficient (Wildman–Crippen LogP) is 1.74. The number of thioether (sulfide) groups is 1. The van der Waals surface area contributed by atoms with Gasteiger partial charge in [-0.3, -0.25) is 0 Å². The fraction of sp³-hybridized carbons (Fsp3) is 0.500. The molecule has 10 heavy (non-hydrogen) atoms. The largest absolute Gasteiger partial charge is 0.378 e. The van der Waals surface area contributed by atoms with Gasteiger partial charge in [0.15, 0.2) is 0 Å². The molecule has 0 bridgehead atoms. The van der Waals surface area contributed by atoms with Crippen LogP contribution in [0.2, 0.25) is 0 Å². The predicted molar refractivity (Wildman–Crippen MR) is 45.8 cm³/mol. The fourth-order valence-corrected chi connectivity index (χ4v) is 2.59. The molecule has 0 aromatic heterocycles. The van der Waals surface area contributed by atoms with E-state index in [1.807, 2.05) is 11.8 Å². The molecule has 1 nitrogen and oxygen atoms in total. The maximum absolute atomic E-state index is 3.36. The van der Waals surface area contributed by atoms with Crippen LogP contribution in [0.4, 0.5) is 0 Å². The molecule has 2 rings (SSSR count). The average molecular weight is 153 g/mol. The lowest BCUT2D eigenvalue weighted by Crippen LogP contribution is -2.18. The van der Waals surface area contributed by atoms with E-state index < -0.39 is 0 Å². The van der Waals surface area contributed by atoms with E-state index in [-0.39, 0.29) is 0 Å². The smallest absolute Gasteiger partial charge is 0.0615 e. The molecule has 0 aromatic rings. The molecular formula is C8H11NS. The summed E-state index contributed by atoms with van der Waals surface area (Å²) in [5.74, 6) is 1.79.